The monoisotopic (exact) mass is 196 g/mol. The first-order valence-corrected chi connectivity index (χ1v) is 6.30. The first-order valence-electron chi connectivity index (χ1n) is 6.30. The van der Waals surface area contributed by atoms with Gasteiger partial charge in [-0.25, -0.2) is 0 Å². The van der Waals surface area contributed by atoms with Gasteiger partial charge in [0.2, 0.25) is 0 Å². The van der Waals surface area contributed by atoms with Gasteiger partial charge < -0.3 is 5.32 Å². The maximum Gasteiger partial charge on any atom is 0.0195 e. The fourth-order valence-corrected chi connectivity index (χ4v) is 3.06. The number of hydrogen-bond acceptors (Lipinski definition) is 2. The maximum atomic E-state index is 3.61. The molecule has 1 N–H and O–H groups in total. The average molecular weight is 196 g/mol. The van der Waals surface area contributed by atoms with Gasteiger partial charge in [0.05, 0.1) is 0 Å². The van der Waals surface area contributed by atoms with E-state index in [9.17, 15) is 0 Å². The minimum atomic E-state index is 0.782. The highest BCUT2D eigenvalue weighted by Gasteiger charge is 2.31. The average Bonchev–Trinajstić information content (AvgIpc) is 2.79. The molecule has 0 aromatic carbocycles. The van der Waals surface area contributed by atoms with Crippen molar-refractivity contribution in [3.63, 3.8) is 0 Å². The van der Waals surface area contributed by atoms with Crippen LogP contribution in [0.1, 0.15) is 46.0 Å². The molecule has 2 nitrogen and oxygen atoms in total. The quantitative estimate of drug-likeness (QED) is 0.743. The van der Waals surface area contributed by atoms with Gasteiger partial charge in [-0.2, -0.15) is 0 Å². The predicted molar refractivity (Wildman–Crippen MR) is 60.5 cm³/mol. The Morgan fingerprint density at radius 2 is 2.14 bits per heavy atom. The summed E-state index contributed by atoms with van der Waals surface area (Å²) in [5.41, 5.74) is 0. The Morgan fingerprint density at radius 3 is 2.79 bits per heavy atom. The molecule has 0 bridgehead atoms. The molecule has 2 fully saturated rings. The lowest BCUT2D eigenvalue weighted by Crippen LogP contribution is -2.43. The number of likely N-dealkylation sites (tertiary alicyclic amines) is 1. The number of rotatable bonds is 3. The van der Waals surface area contributed by atoms with Crippen LogP contribution in [0.15, 0.2) is 0 Å². The van der Waals surface area contributed by atoms with E-state index in [1.54, 1.807) is 0 Å². The van der Waals surface area contributed by atoms with Crippen LogP contribution in [0.25, 0.3) is 0 Å². The molecule has 2 unspecified atom stereocenters. The summed E-state index contributed by atoms with van der Waals surface area (Å²) in [6, 6.07) is 2.47. The fourth-order valence-electron chi connectivity index (χ4n) is 3.06. The van der Waals surface area contributed by atoms with Gasteiger partial charge in [-0.3, -0.25) is 4.90 Å². The Balaban J connectivity index is 1.87. The smallest absolute Gasteiger partial charge is 0.0195 e. The highest BCUT2D eigenvalue weighted by molar-refractivity contribution is 4.88. The molecule has 0 aliphatic carbocycles. The van der Waals surface area contributed by atoms with Crippen molar-refractivity contribution in [2.24, 2.45) is 0 Å². The van der Waals surface area contributed by atoms with Gasteiger partial charge in [0, 0.05) is 24.7 Å². The molecule has 82 valence electrons. The van der Waals surface area contributed by atoms with Crippen molar-refractivity contribution in [2.75, 3.05) is 13.1 Å². The normalized spacial score (nSPS) is 39.4. The third-order valence-electron chi connectivity index (χ3n) is 4.02. The zero-order chi connectivity index (χ0) is 9.97. The van der Waals surface area contributed by atoms with Gasteiger partial charge in [0.1, 0.15) is 0 Å². The van der Waals surface area contributed by atoms with E-state index in [1.165, 1.54) is 45.2 Å². The predicted octanol–water partition coefficient (Wildman–Crippen LogP) is 2.00. The Labute approximate surface area is 88.1 Å². The van der Waals surface area contributed by atoms with Crippen LogP contribution in [0.2, 0.25) is 0 Å². The van der Waals surface area contributed by atoms with Crippen molar-refractivity contribution in [1.29, 1.82) is 0 Å². The molecular weight excluding hydrogens is 172 g/mol. The van der Waals surface area contributed by atoms with Crippen molar-refractivity contribution < 1.29 is 0 Å². The van der Waals surface area contributed by atoms with Crippen molar-refractivity contribution in [2.45, 2.75) is 64.1 Å². The molecule has 3 atom stereocenters. The molecule has 0 radical (unpaired) electrons. The molecule has 2 rings (SSSR count). The second kappa shape index (κ2) is 4.63. The van der Waals surface area contributed by atoms with Gasteiger partial charge in [0.25, 0.3) is 0 Å². The second-order valence-electron chi connectivity index (χ2n) is 4.98. The van der Waals surface area contributed by atoms with Crippen molar-refractivity contribution in [3.05, 3.63) is 0 Å². The summed E-state index contributed by atoms with van der Waals surface area (Å²) in [4.78, 5) is 2.74. The van der Waals surface area contributed by atoms with Crippen LogP contribution in [-0.2, 0) is 0 Å². The SMILES string of the molecule is CCC1CCC(C)N1C[C@@H]1CCCN1. The van der Waals surface area contributed by atoms with E-state index in [0.717, 1.165) is 18.1 Å². The fraction of sp³-hybridized carbons (Fsp3) is 1.00. The Bertz CT molecular complexity index is 175. The summed E-state index contributed by atoms with van der Waals surface area (Å²) in [6.45, 7) is 7.26. The Morgan fingerprint density at radius 1 is 1.29 bits per heavy atom. The van der Waals surface area contributed by atoms with Crippen LogP contribution in [0.4, 0.5) is 0 Å². The molecule has 0 aromatic rings. The molecule has 0 aromatic heterocycles. The summed E-state index contributed by atoms with van der Waals surface area (Å²) in [5, 5.41) is 3.61. The van der Waals surface area contributed by atoms with Gasteiger partial charge in [-0.15, -0.1) is 0 Å². The van der Waals surface area contributed by atoms with Crippen LogP contribution >= 0.6 is 0 Å². The first kappa shape index (κ1) is 10.4. The number of nitrogens with zero attached hydrogens (tertiary/aromatic N) is 1. The first-order chi connectivity index (χ1) is 6.81. The maximum absolute atomic E-state index is 3.61. The van der Waals surface area contributed by atoms with E-state index < -0.39 is 0 Å². The third-order valence-corrected chi connectivity index (χ3v) is 4.02. The van der Waals surface area contributed by atoms with Gasteiger partial charge in [-0.05, 0) is 45.6 Å². The molecule has 2 saturated heterocycles. The largest absolute Gasteiger partial charge is 0.313 e. The summed E-state index contributed by atoms with van der Waals surface area (Å²) in [7, 11) is 0. The van der Waals surface area contributed by atoms with Crippen LogP contribution in [0, 0.1) is 0 Å². The summed E-state index contributed by atoms with van der Waals surface area (Å²) < 4.78 is 0. The standard InChI is InChI=1S/C12H24N2/c1-3-12-7-6-10(2)14(12)9-11-5-4-8-13-11/h10-13H,3-9H2,1-2H3/t10?,11-,12?/m0/s1. The zero-order valence-corrected chi connectivity index (χ0v) is 9.63. The molecular formula is C12H24N2. The third kappa shape index (κ3) is 2.12. The summed E-state index contributed by atoms with van der Waals surface area (Å²) in [5.74, 6) is 0. The Hall–Kier alpha value is -0.0800. The molecule has 2 aliphatic rings. The van der Waals surface area contributed by atoms with E-state index in [1.807, 2.05) is 0 Å². The van der Waals surface area contributed by atoms with Crippen LogP contribution in [0.3, 0.4) is 0 Å². The molecule has 0 amide bonds. The molecule has 0 spiro atoms. The summed E-state index contributed by atoms with van der Waals surface area (Å²) >= 11 is 0. The van der Waals surface area contributed by atoms with Crippen LogP contribution in [-0.4, -0.2) is 36.1 Å². The highest BCUT2D eigenvalue weighted by Crippen LogP contribution is 2.26. The molecule has 2 heterocycles. The second-order valence-corrected chi connectivity index (χ2v) is 4.98. The van der Waals surface area contributed by atoms with Gasteiger partial charge in [-0.1, -0.05) is 6.92 Å². The van der Waals surface area contributed by atoms with Crippen molar-refractivity contribution in [3.8, 4) is 0 Å². The lowest BCUT2D eigenvalue weighted by atomic mass is 10.1. The minimum absolute atomic E-state index is 0.782. The topological polar surface area (TPSA) is 15.3 Å². The minimum Gasteiger partial charge on any atom is -0.313 e. The van der Waals surface area contributed by atoms with E-state index in [2.05, 4.69) is 24.1 Å². The molecule has 2 aliphatic heterocycles. The van der Waals surface area contributed by atoms with Crippen LogP contribution < -0.4 is 5.32 Å². The molecule has 0 saturated carbocycles. The summed E-state index contributed by atoms with van der Waals surface area (Å²) in [6.07, 6.45) is 6.93. The lowest BCUT2D eigenvalue weighted by Gasteiger charge is -2.30. The van der Waals surface area contributed by atoms with Crippen LogP contribution in [0.5, 0.6) is 0 Å². The van der Waals surface area contributed by atoms with Crippen molar-refractivity contribution in [1.82, 2.24) is 10.2 Å². The zero-order valence-electron chi connectivity index (χ0n) is 9.63. The van der Waals surface area contributed by atoms with E-state index >= 15 is 0 Å². The Kier molecular flexibility index (Phi) is 3.45. The van der Waals surface area contributed by atoms with Gasteiger partial charge >= 0.3 is 0 Å². The molecule has 2 heteroatoms. The van der Waals surface area contributed by atoms with E-state index in [-0.39, 0.29) is 0 Å². The number of nitrogens with one attached hydrogen (secondary N) is 1. The lowest BCUT2D eigenvalue weighted by molar-refractivity contribution is 0.181. The highest BCUT2D eigenvalue weighted by atomic mass is 15.2. The van der Waals surface area contributed by atoms with E-state index in [4.69, 9.17) is 0 Å². The number of hydrogen-bond donors (Lipinski definition) is 1. The van der Waals surface area contributed by atoms with Gasteiger partial charge in [0.15, 0.2) is 0 Å². The van der Waals surface area contributed by atoms with E-state index in [0.29, 0.717) is 0 Å². The molecule has 14 heavy (non-hydrogen) atoms. The van der Waals surface area contributed by atoms with Crippen molar-refractivity contribution >= 4 is 0 Å².